The molecule has 0 amide bonds. The normalized spacial score (nSPS) is 21.1. The van der Waals surface area contributed by atoms with E-state index < -0.39 is 0 Å². The number of imidazole rings is 1. The number of aryl methyl sites for hydroxylation is 3. The van der Waals surface area contributed by atoms with Gasteiger partial charge in [0.25, 0.3) is 0 Å². The highest BCUT2D eigenvalue weighted by atomic mass is 79.9. The highest BCUT2D eigenvalue weighted by molar-refractivity contribution is 9.13. The molecule has 1 aromatic carbocycles. The van der Waals surface area contributed by atoms with Crippen LogP contribution < -0.4 is 5.69 Å². The summed E-state index contributed by atoms with van der Waals surface area (Å²) in [6.07, 6.45) is 4.18. The van der Waals surface area contributed by atoms with E-state index in [0.29, 0.717) is 6.04 Å². The van der Waals surface area contributed by atoms with Gasteiger partial charge >= 0.3 is 5.69 Å². The summed E-state index contributed by atoms with van der Waals surface area (Å²) in [4.78, 5) is 12.7. The first-order chi connectivity index (χ1) is 9.11. The Balaban J connectivity index is 2.32. The first kappa shape index (κ1) is 12.2. The van der Waals surface area contributed by atoms with Crippen molar-refractivity contribution in [3.05, 3.63) is 30.6 Å². The molecule has 4 rings (SSSR count). The van der Waals surface area contributed by atoms with Crippen LogP contribution in [-0.4, -0.2) is 9.13 Å². The Labute approximate surface area is 127 Å². The summed E-state index contributed by atoms with van der Waals surface area (Å²) in [5.41, 5.74) is 5.11. The van der Waals surface area contributed by atoms with Crippen LogP contribution in [0.25, 0.3) is 11.0 Å². The van der Waals surface area contributed by atoms with E-state index in [1.807, 2.05) is 9.13 Å². The van der Waals surface area contributed by atoms with Crippen molar-refractivity contribution in [1.82, 2.24) is 9.13 Å². The molecule has 0 radical (unpaired) electrons. The minimum atomic E-state index is 0.175. The lowest BCUT2D eigenvalue weighted by atomic mass is 9.95. The van der Waals surface area contributed by atoms with Crippen LogP contribution in [0.3, 0.4) is 0 Å². The van der Waals surface area contributed by atoms with Crippen molar-refractivity contribution in [2.75, 3.05) is 0 Å². The Bertz CT molecular complexity index is 772. The number of benzene rings is 1. The molecule has 0 spiro atoms. The van der Waals surface area contributed by atoms with Crippen LogP contribution in [0.4, 0.5) is 0 Å². The smallest absolute Gasteiger partial charge is 0.292 e. The van der Waals surface area contributed by atoms with Crippen LogP contribution >= 0.6 is 31.9 Å². The molecular formula is C14H14Br2N2O. The van der Waals surface area contributed by atoms with Crippen LogP contribution in [0.15, 0.2) is 13.7 Å². The lowest BCUT2D eigenvalue weighted by Crippen LogP contribution is -2.28. The van der Waals surface area contributed by atoms with Gasteiger partial charge in [0, 0.05) is 21.5 Å². The van der Waals surface area contributed by atoms with Gasteiger partial charge in [0.2, 0.25) is 0 Å². The van der Waals surface area contributed by atoms with E-state index in [-0.39, 0.29) is 5.69 Å². The van der Waals surface area contributed by atoms with Crippen LogP contribution in [-0.2, 0) is 19.4 Å². The summed E-state index contributed by atoms with van der Waals surface area (Å²) in [5, 5.41) is 0. The molecule has 2 aliphatic rings. The summed E-state index contributed by atoms with van der Waals surface area (Å²) in [6.45, 7) is 3.01. The van der Waals surface area contributed by atoms with Gasteiger partial charge in [-0.1, -0.05) is 0 Å². The fourth-order valence-electron chi connectivity index (χ4n) is 3.60. The van der Waals surface area contributed by atoms with Gasteiger partial charge in [-0.2, -0.15) is 0 Å². The van der Waals surface area contributed by atoms with E-state index in [1.165, 1.54) is 22.2 Å². The lowest BCUT2D eigenvalue weighted by molar-refractivity contribution is 0.474. The summed E-state index contributed by atoms with van der Waals surface area (Å²) in [5.74, 6) is 0. The quantitative estimate of drug-likeness (QED) is 0.677. The standard InChI is InChI=1S/C14H14Br2N2O/c1-7-4-5-9-11(16)10(15)8-3-2-6-17-12(8)13(9)18(7)14(17)19/h7H,2-6H2,1H3/t7-/m0/s1. The van der Waals surface area contributed by atoms with E-state index in [0.717, 1.165) is 41.2 Å². The van der Waals surface area contributed by atoms with Crippen LogP contribution in [0.1, 0.15) is 36.9 Å². The summed E-state index contributed by atoms with van der Waals surface area (Å²) < 4.78 is 6.29. The van der Waals surface area contributed by atoms with Gasteiger partial charge in [-0.05, 0) is 75.6 Å². The van der Waals surface area contributed by atoms with Gasteiger partial charge in [0.1, 0.15) is 0 Å². The predicted octanol–water partition coefficient (Wildman–Crippen LogP) is 3.78. The average Bonchev–Trinajstić information content (AvgIpc) is 2.72. The second-order valence-electron chi connectivity index (χ2n) is 5.58. The van der Waals surface area contributed by atoms with Crippen molar-refractivity contribution in [1.29, 1.82) is 0 Å². The molecule has 0 unspecified atom stereocenters. The third-order valence-corrected chi connectivity index (χ3v) is 6.81. The zero-order chi connectivity index (χ0) is 13.3. The molecule has 0 fully saturated rings. The molecule has 100 valence electrons. The highest BCUT2D eigenvalue weighted by Gasteiger charge is 2.30. The number of rotatable bonds is 0. The molecule has 1 aromatic heterocycles. The molecule has 0 saturated carbocycles. The second-order valence-corrected chi connectivity index (χ2v) is 7.16. The molecule has 0 bridgehead atoms. The van der Waals surface area contributed by atoms with Gasteiger partial charge in [0.05, 0.1) is 11.0 Å². The molecule has 0 aliphatic carbocycles. The topological polar surface area (TPSA) is 26.9 Å². The van der Waals surface area contributed by atoms with Crippen molar-refractivity contribution in [3.63, 3.8) is 0 Å². The molecule has 3 nitrogen and oxygen atoms in total. The van der Waals surface area contributed by atoms with E-state index in [2.05, 4.69) is 38.8 Å². The monoisotopic (exact) mass is 384 g/mol. The maximum Gasteiger partial charge on any atom is 0.329 e. The predicted molar refractivity (Wildman–Crippen MR) is 83.0 cm³/mol. The third kappa shape index (κ3) is 1.40. The third-order valence-electron chi connectivity index (χ3n) is 4.53. The van der Waals surface area contributed by atoms with Crippen molar-refractivity contribution >= 4 is 42.9 Å². The maximum absolute atomic E-state index is 12.7. The number of nitrogens with zero attached hydrogens (tertiary/aromatic N) is 2. The number of halogens is 2. The van der Waals surface area contributed by atoms with Crippen molar-refractivity contribution in [3.8, 4) is 0 Å². The Morgan fingerprint density at radius 3 is 2.53 bits per heavy atom. The molecule has 2 aromatic rings. The van der Waals surface area contributed by atoms with E-state index in [9.17, 15) is 4.79 Å². The van der Waals surface area contributed by atoms with Gasteiger partial charge < -0.3 is 0 Å². The SMILES string of the molecule is C[C@H]1CCc2c(Br)c(Br)c3c4c2n1c(=O)n4CCC3. The summed E-state index contributed by atoms with van der Waals surface area (Å²) in [6, 6.07) is 0.308. The van der Waals surface area contributed by atoms with Gasteiger partial charge in [-0.25, -0.2) is 4.79 Å². The molecule has 19 heavy (non-hydrogen) atoms. The zero-order valence-corrected chi connectivity index (χ0v) is 13.8. The Morgan fingerprint density at radius 2 is 1.79 bits per heavy atom. The second kappa shape index (κ2) is 3.98. The largest absolute Gasteiger partial charge is 0.329 e. The number of hydrogen-bond donors (Lipinski definition) is 0. The van der Waals surface area contributed by atoms with Gasteiger partial charge in [0.15, 0.2) is 0 Å². The Hall–Kier alpha value is -0.550. The van der Waals surface area contributed by atoms with Gasteiger partial charge in [-0.15, -0.1) is 0 Å². The van der Waals surface area contributed by atoms with Crippen LogP contribution in [0.2, 0.25) is 0 Å². The first-order valence-electron chi connectivity index (χ1n) is 6.74. The Morgan fingerprint density at radius 1 is 1.11 bits per heavy atom. The fourth-order valence-corrected chi connectivity index (χ4v) is 4.85. The molecule has 3 heterocycles. The van der Waals surface area contributed by atoms with Crippen molar-refractivity contribution < 1.29 is 0 Å². The van der Waals surface area contributed by atoms with E-state index in [4.69, 9.17) is 0 Å². The molecule has 1 atom stereocenters. The number of aromatic nitrogens is 2. The van der Waals surface area contributed by atoms with Crippen molar-refractivity contribution in [2.45, 2.75) is 45.2 Å². The van der Waals surface area contributed by atoms with Crippen LogP contribution in [0, 0.1) is 0 Å². The van der Waals surface area contributed by atoms with Crippen LogP contribution in [0.5, 0.6) is 0 Å². The highest BCUT2D eigenvalue weighted by Crippen LogP contribution is 2.43. The molecule has 0 saturated heterocycles. The first-order valence-corrected chi connectivity index (χ1v) is 8.33. The average molecular weight is 386 g/mol. The van der Waals surface area contributed by atoms with E-state index in [1.54, 1.807) is 0 Å². The van der Waals surface area contributed by atoms with E-state index >= 15 is 0 Å². The Kier molecular flexibility index (Phi) is 2.56. The van der Waals surface area contributed by atoms with Crippen molar-refractivity contribution in [2.24, 2.45) is 0 Å². The minimum Gasteiger partial charge on any atom is -0.292 e. The summed E-state index contributed by atoms with van der Waals surface area (Å²) >= 11 is 7.45. The molecule has 0 N–H and O–H groups in total. The minimum absolute atomic E-state index is 0.175. The molecule has 2 aliphatic heterocycles. The maximum atomic E-state index is 12.7. The lowest BCUT2D eigenvalue weighted by Gasteiger charge is -2.24. The zero-order valence-electron chi connectivity index (χ0n) is 10.7. The fraction of sp³-hybridized carbons (Fsp3) is 0.500. The molecular weight excluding hydrogens is 372 g/mol. The number of hydrogen-bond acceptors (Lipinski definition) is 1. The summed E-state index contributed by atoms with van der Waals surface area (Å²) in [7, 11) is 0. The van der Waals surface area contributed by atoms with Gasteiger partial charge in [-0.3, -0.25) is 9.13 Å². The molecule has 5 heteroatoms.